The van der Waals surface area contributed by atoms with Crippen LogP contribution in [0.4, 0.5) is 0 Å². The third-order valence-corrected chi connectivity index (χ3v) is 8.12. The first-order chi connectivity index (χ1) is 18.1. The van der Waals surface area contributed by atoms with Gasteiger partial charge in [0.2, 0.25) is 12.8 Å². The zero-order chi connectivity index (χ0) is 25.9. The van der Waals surface area contributed by atoms with E-state index in [1.165, 1.54) is 16.0 Å². The van der Waals surface area contributed by atoms with Crippen LogP contribution in [-0.2, 0) is 35.6 Å². The average molecular weight is 536 g/mol. The minimum atomic E-state index is -0.00916. The van der Waals surface area contributed by atoms with Gasteiger partial charge in [0.15, 0.2) is 11.5 Å². The van der Waals surface area contributed by atoms with Gasteiger partial charge in [-0.2, -0.15) is 0 Å². The lowest BCUT2D eigenvalue weighted by Gasteiger charge is -2.27. The quantitative estimate of drug-likeness (QED) is 0.271. The molecule has 0 N–H and O–H groups in total. The van der Waals surface area contributed by atoms with Gasteiger partial charge in [-0.05, 0) is 35.2 Å². The number of carbonyl (C=O) groups excluding carboxylic acids is 2. The largest absolute Gasteiger partial charge is 0.493 e. The van der Waals surface area contributed by atoms with E-state index in [-0.39, 0.29) is 6.54 Å². The molecule has 0 bridgehead atoms. The molecular formula is C28H26ClN3O4S. The fourth-order valence-electron chi connectivity index (χ4n) is 4.82. The van der Waals surface area contributed by atoms with Gasteiger partial charge in [0.1, 0.15) is 4.83 Å². The fraction of sp³-hybridized carbons (Fsp3) is 0.250. The monoisotopic (exact) mass is 535 g/mol. The molecule has 0 saturated heterocycles. The Morgan fingerprint density at radius 2 is 1.84 bits per heavy atom. The van der Waals surface area contributed by atoms with Crippen LogP contribution in [0, 0.1) is 0 Å². The smallest absolute Gasteiger partial charge is 0.216 e. The van der Waals surface area contributed by atoms with Gasteiger partial charge < -0.3 is 9.47 Å². The number of methoxy groups -OCH3 is 2. The SMILES string of the molecule is COc1ccc(-c2c(Cl)c(CN(C=O)C=O)nc3sc4c(c23)CCN(Cc2ccccc2)C4)cc1OC. The van der Waals surface area contributed by atoms with Gasteiger partial charge in [0.05, 0.1) is 31.5 Å². The number of halogens is 1. The van der Waals surface area contributed by atoms with E-state index in [9.17, 15) is 9.59 Å². The lowest BCUT2D eigenvalue weighted by Crippen LogP contribution is -2.29. The number of imide groups is 1. The Hall–Kier alpha value is -3.46. The second-order valence-electron chi connectivity index (χ2n) is 8.83. The summed E-state index contributed by atoms with van der Waals surface area (Å²) in [6.45, 7) is 2.61. The lowest BCUT2D eigenvalue weighted by atomic mass is 9.95. The zero-order valence-corrected chi connectivity index (χ0v) is 22.1. The molecule has 9 heteroatoms. The highest BCUT2D eigenvalue weighted by molar-refractivity contribution is 7.19. The molecule has 1 aliphatic heterocycles. The topological polar surface area (TPSA) is 72.0 Å². The molecule has 2 aromatic heterocycles. The van der Waals surface area contributed by atoms with Crippen molar-refractivity contribution in [3.05, 3.63) is 75.3 Å². The maximum atomic E-state index is 11.4. The highest BCUT2D eigenvalue weighted by Crippen LogP contribution is 2.46. The number of rotatable bonds is 9. The fourth-order valence-corrected chi connectivity index (χ4v) is 6.42. The number of amides is 2. The van der Waals surface area contributed by atoms with Crippen molar-refractivity contribution in [3.63, 3.8) is 0 Å². The number of benzene rings is 2. The third-order valence-electron chi connectivity index (χ3n) is 6.60. The van der Waals surface area contributed by atoms with Crippen molar-refractivity contribution >= 4 is 46.0 Å². The van der Waals surface area contributed by atoms with Crippen LogP contribution in [0.3, 0.4) is 0 Å². The summed E-state index contributed by atoms with van der Waals surface area (Å²) in [5.41, 5.74) is 4.68. The van der Waals surface area contributed by atoms with Crippen molar-refractivity contribution in [2.75, 3.05) is 20.8 Å². The van der Waals surface area contributed by atoms with E-state index in [0.717, 1.165) is 52.3 Å². The van der Waals surface area contributed by atoms with Crippen molar-refractivity contribution in [2.45, 2.75) is 26.1 Å². The highest BCUT2D eigenvalue weighted by Gasteiger charge is 2.27. The minimum absolute atomic E-state index is 0.00916. The summed E-state index contributed by atoms with van der Waals surface area (Å²) < 4.78 is 11.0. The van der Waals surface area contributed by atoms with Crippen LogP contribution in [0.2, 0.25) is 5.02 Å². The Morgan fingerprint density at radius 1 is 1.08 bits per heavy atom. The van der Waals surface area contributed by atoms with Crippen molar-refractivity contribution in [1.82, 2.24) is 14.8 Å². The van der Waals surface area contributed by atoms with Crippen molar-refractivity contribution in [2.24, 2.45) is 0 Å². The number of nitrogens with zero attached hydrogens (tertiary/aromatic N) is 3. The lowest BCUT2D eigenvalue weighted by molar-refractivity contribution is -0.129. The summed E-state index contributed by atoms with van der Waals surface area (Å²) in [5.74, 6) is 1.20. The molecule has 0 spiro atoms. The number of pyridine rings is 1. The van der Waals surface area contributed by atoms with E-state index < -0.39 is 0 Å². The summed E-state index contributed by atoms with van der Waals surface area (Å²) in [7, 11) is 3.19. The molecule has 1 aliphatic rings. The van der Waals surface area contributed by atoms with Gasteiger partial charge in [-0.15, -0.1) is 11.3 Å². The zero-order valence-electron chi connectivity index (χ0n) is 20.6. The van der Waals surface area contributed by atoms with E-state index in [4.69, 9.17) is 26.1 Å². The number of aromatic nitrogens is 1. The second kappa shape index (κ2) is 10.9. The Bertz CT molecular complexity index is 1450. The molecule has 0 aliphatic carbocycles. The van der Waals surface area contributed by atoms with Crippen LogP contribution in [-0.4, -0.2) is 48.4 Å². The van der Waals surface area contributed by atoms with Crippen LogP contribution in [0.1, 0.15) is 21.7 Å². The number of ether oxygens (including phenoxy) is 2. The van der Waals surface area contributed by atoms with E-state index in [1.807, 2.05) is 24.3 Å². The molecule has 190 valence electrons. The van der Waals surface area contributed by atoms with Crippen LogP contribution < -0.4 is 9.47 Å². The second-order valence-corrected chi connectivity index (χ2v) is 10.3. The van der Waals surface area contributed by atoms with Crippen LogP contribution >= 0.6 is 22.9 Å². The van der Waals surface area contributed by atoms with Gasteiger partial charge in [-0.3, -0.25) is 19.4 Å². The van der Waals surface area contributed by atoms with Crippen LogP contribution in [0.25, 0.3) is 21.3 Å². The molecular weight excluding hydrogens is 510 g/mol. The Labute approximate surface area is 224 Å². The van der Waals surface area contributed by atoms with Crippen molar-refractivity contribution < 1.29 is 19.1 Å². The Kier molecular flexibility index (Phi) is 7.41. The molecule has 0 fully saturated rings. The Balaban J connectivity index is 1.64. The van der Waals surface area contributed by atoms with Gasteiger partial charge >= 0.3 is 0 Å². The van der Waals surface area contributed by atoms with Gasteiger partial charge in [0, 0.05) is 35.5 Å². The maximum absolute atomic E-state index is 11.4. The summed E-state index contributed by atoms with van der Waals surface area (Å²) in [6.07, 6.45) is 1.83. The van der Waals surface area contributed by atoms with Gasteiger partial charge in [0.25, 0.3) is 0 Å². The molecule has 0 atom stereocenters. The predicted molar refractivity (Wildman–Crippen MR) is 145 cm³/mol. The van der Waals surface area contributed by atoms with Crippen LogP contribution in [0.15, 0.2) is 48.5 Å². The molecule has 2 amide bonds. The maximum Gasteiger partial charge on any atom is 0.216 e. The Morgan fingerprint density at radius 3 is 2.54 bits per heavy atom. The molecule has 0 saturated carbocycles. The number of fused-ring (bicyclic) bond motifs is 3. The first-order valence-electron chi connectivity index (χ1n) is 11.8. The van der Waals surface area contributed by atoms with E-state index in [0.29, 0.717) is 35.0 Å². The van der Waals surface area contributed by atoms with Crippen LogP contribution in [0.5, 0.6) is 11.5 Å². The highest BCUT2D eigenvalue weighted by atomic mass is 35.5. The number of hydrogen-bond donors (Lipinski definition) is 0. The van der Waals surface area contributed by atoms with E-state index in [1.54, 1.807) is 25.6 Å². The molecule has 7 nitrogen and oxygen atoms in total. The molecule has 37 heavy (non-hydrogen) atoms. The first-order valence-corrected chi connectivity index (χ1v) is 13.0. The summed E-state index contributed by atoms with van der Waals surface area (Å²) >= 11 is 8.63. The molecule has 0 unspecified atom stereocenters. The molecule has 5 rings (SSSR count). The molecule has 4 aromatic rings. The van der Waals surface area contributed by atoms with E-state index in [2.05, 4.69) is 29.2 Å². The summed E-state index contributed by atoms with van der Waals surface area (Å²) in [5, 5.41) is 1.44. The van der Waals surface area contributed by atoms with E-state index >= 15 is 0 Å². The van der Waals surface area contributed by atoms with Gasteiger partial charge in [-0.25, -0.2) is 4.98 Å². The third kappa shape index (κ3) is 4.92. The molecule has 3 heterocycles. The average Bonchev–Trinajstić information content (AvgIpc) is 3.29. The summed E-state index contributed by atoms with van der Waals surface area (Å²) in [6, 6.07) is 16.1. The van der Waals surface area contributed by atoms with Gasteiger partial charge in [-0.1, -0.05) is 48.0 Å². The normalized spacial score (nSPS) is 13.3. The molecule has 2 aromatic carbocycles. The molecule has 0 radical (unpaired) electrons. The minimum Gasteiger partial charge on any atom is -0.493 e. The number of hydrogen-bond acceptors (Lipinski definition) is 7. The summed E-state index contributed by atoms with van der Waals surface area (Å²) in [4.78, 5) is 33.1. The number of thiophene rings is 1. The first kappa shape index (κ1) is 25.2. The number of carbonyl (C=O) groups is 2. The van der Waals surface area contributed by atoms with Crippen molar-refractivity contribution in [3.8, 4) is 22.6 Å². The standard InChI is InChI=1S/C28H26ClN3O4S/c1-35-22-9-8-19(12-23(22)36-2)25-26-20-10-11-31(13-18-6-4-3-5-7-18)15-24(20)37-28(26)30-21(27(25)29)14-32(16-33)17-34/h3-9,12,16-17H,10-11,13-15H2,1-2H3. The predicted octanol–water partition coefficient (Wildman–Crippen LogP) is 5.31. The van der Waals surface area contributed by atoms with Crippen molar-refractivity contribution in [1.29, 1.82) is 0 Å².